The van der Waals surface area contributed by atoms with Gasteiger partial charge in [-0.25, -0.2) is 4.98 Å². The van der Waals surface area contributed by atoms with Crippen molar-refractivity contribution in [2.75, 3.05) is 13.1 Å². The van der Waals surface area contributed by atoms with Crippen LogP contribution >= 0.6 is 11.3 Å². The third-order valence-corrected chi connectivity index (χ3v) is 5.46. The monoisotopic (exact) mass is 370 g/mol. The first-order valence-corrected chi connectivity index (χ1v) is 9.36. The van der Waals surface area contributed by atoms with Gasteiger partial charge in [-0.2, -0.15) is 0 Å². The van der Waals surface area contributed by atoms with Gasteiger partial charge in [0.25, 0.3) is 5.91 Å². The molecular formula is C19H18N2O4S. The Morgan fingerprint density at radius 2 is 2.15 bits per heavy atom. The van der Waals surface area contributed by atoms with Crippen molar-refractivity contribution >= 4 is 33.4 Å². The molecule has 1 fully saturated rings. The molecule has 0 spiro atoms. The van der Waals surface area contributed by atoms with Crippen LogP contribution in [-0.4, -0.2) is 34.8 Å². The van der Waals surface area contributed by atoms with Crippen LogP contribution < -0.4 is 0 Å². The van der Waals surface area contributed by atoms with E-state index in [9.17, 15) is 9.59 Å². The molecule has 3 heterocycles. The lowest BCUT2D eigenvalue weighted by atomic mass is 9.98. The molecule has 0 N–H and O–H groups in total. The number of hydrogen-bond acceptors (Lipinski definition) is 6. The van der Waals surface area contributed by atoms with Gasteiger partial charge in [-0.1, -0.05) is 12.1 Å². The van der Waals surface area contributed by atoms with Gasteiger partial charge in [-0.05, 0) is 37.1 Å². The molecule has 26 heavy (non-hydrogen) atoms. The van der Waals surface area contributed by atoms with Crippen molar-refractivity contribution in [2.24, 2.45) is 5.92 Å². The van der Waals surface area contributed by atoms with Gasteiger partial charge in [0.1, 0.15) is 11.6 Å². The number of hydrogen-bond donors (Lipinski definition) is 0. The van der Waals surface area contributed by atoms with Crippen LogP contribution in [0.15, 0.2) is 47.1 Å². The lowest BCUT2D eigenvalue weighted by Gasteiger charge is -2.30. The maximum atomic E-state index is 12.4. The highest BCUT2D eigenvalue weighted by Crippen LogP contribution is 2.24. The summed E-state index contributed by atoms with van der Waals surface area (Å²) < 4.78 is 11.7. The maximum absolute atomic E-state index is 12.4. The Morgan fingerprint density at radius 3 is 2.96 bits per heavy atom. The van der Waals surface area contributed by atoms with Gasteiger partial charge in [0.15, 0.2) is 5.76 Å². The molecule has 1 atom stereocenters. The molecule has 134 valence electrons. The number of likely N-dealkylation sites (tertiary alicyclic amines) is 1. The Kier molecular flexibility index (Phi) is 4.71. The van der Waals surface area contributed by atoms with E-state index in [-0.39, 0.29) is 24.4 Å². The van der Waals surface area contributed by atoms with Crippen LogP contribution in [0.1, 0.15) is 28.4 Å². The molecule has 0 saturated carbocycles. The minimum Gasteiger partial charge on any atom is -0.459 e. The number of thiazole rings is 1. The van der Waals surface area contributed by atoms with Gasteiger partial charge < -0.3 is 14.1 Å². The largest absolute Gasteiger partial charge is 0.459 e. The highest BCUT2D eigenvalue weighted by molar-refractivity contribution is 7.18. The van der Waals surface area contributed by atoms with Gasteiger partial charge >= 0.3 is 5.97 Å². The van der Waals surface area contributed by atoms with Crippen molar-refractivity contribution in [1.29, 1.82) is 0 Å². The molecule has 3 aromatic rings. The molecule has 7 heteroatoms. The van der Waals surface area contributed by atoms with E-state index in [1.165, 1.54) is 17.6 Å². The molecular weight excluding hydrogens is 352 g/mol. The summed E-state index contributed by atoms with van der Waals surface area (Å²) in [6.45, 7) is 1.15. The number of aromatic nitrogens is 1. The second-order valence-electron chi connectivity index (χ2n) is 6.25. The van der Waals surface area contributed by atoms with Crippen molar-refractivity contribution in [3.8, 4) is 0 Å². The quantitative estimate of drug-likeness (QED) is 0.658. The number of amides is 1. The van der Waals surface area contributed by atoms with E-state index >= 15 is 0 Å². The Morgan fingerprint density at radius 1 is 1.27 bits per heavy atom. The first-order chi connectivity index (χ1) is 12.7. The van der Waals surface area contributed by atoms with Gasteiger partial charge in [-0.15, -0.1) is 11.3 Å². The molecule has 0 aliphatic carbocycles. The topological polar surface area (TPSA) is 72.6 Å². The molecule has 1 aromatic carbocycles. The molecule has 1 aliphatic rings. The Hall–Kier alpha value is -2.67. The summed E-state index contributed by atoms with van der Waals surface area (Å²) in [5, 5.41) is 0.777. The van der Waals surface area contributed by atoms with Crippen molar-refractivity contribution < 1.29 is 18.7 Å². The molecule has 2 aromatic heterocycles. The summed E-state index contributed by atoms with van der Waals surface area (Å²) in [6.07, 6.45) is 2.97. The number of carbonyl (C=O) groups excluding carboxylic acids is 2. The van der Waals surface area contributed by atoms with E-state index in [0.717, 1.165) is 28.1 Å². The maximum Gasteiger partial charge on any atom is 0.311 e. The van der Waals surface area contributed by atoms with E-state index in [2.05, 4.69) is 4.98 Å². The summed E-state index contributed by atoms with van der Waals surface area (Å²) in [5.41, 5.74) is 0.913. The average Bonchev–Trinajstić information content (AvgIpc) is 3.35. The predicted molar refractivity (Wildman–Crippen MR) is 96.8 cm³/mol. The Labute approximate surface area is 154 Å². The fourth-order valence-corrected chi connectivity index (χ4v) is 4.02. The Balaban J connectivity index is 1.36. The molecule has 6 nitrogen and oxygen atoms in total. The summed E-state index contributed by atoms with van der Waals surface area (Å²) in [6, 6.07) is 11.2. The first kappa shape index (κ1) is 16.8. The minimum absolute atomic E-state index is 0.167. The number of nitrogens with zero attached hydrogens (tertiary/aromatic N) is 2. The fraction of sp³-hybridized carbons (Fsp3) is 0.316. The van der Waals surface area contributed by atoms with Crippen molar-refractivity contribution in [2.45, 2.75) is 19.4 Å². The smallest absolute Gasteiger partial charge is 0.311 e. The van der Waals surface area contributed by atoms with Crippen LogP contribution in [0.25, 0.3) is 10.2 Å². The predicted octanol–water partition coefficient (Wildman–Crippen LogP) is 3.48. The van der Waals surface area contributed by atoms with E-state index in [1.807, 2.05) is 24.3 Å². The van der Waals surface area contributed by atoms with Crippen LogP contribution in [0.5, 0.6) is 0 Å². The third-order valence-electron chi connectivity index (χ3n) is 4.45. The zero-order chi connectivity index (χ0) is 17.9. The number of carbonyl (C=O) groups is 2. The number of esters is 1. The zero-order valence-electron chi connectivity index (χ0n) is 14.1. The molecule has 4 rings (SSSR count). The highest BCUT2D eigenvalue weighted by Gasteiger charge is 2.31. The number of furan rings is 1. The average molecular weight is 370 g/mol. The second kappa shape index (κ2) is 7.29. The van der Waals surface area contributed by atoms with E-state index in [4.69, 9.17) is 9.15 Å². The number of fused-ring (bicyclic) bond motifs is 1. The molecule has 1 amide bonds. The first-order valence-electron chi connectivity index (χ1n) is 8.54. The van der Waals surface area contributed by atoms with Crippen molar-refractivity contribution in [3.05, 3.63) is 53.4 Å². The lowest BCUT2D eigenvalue weighted by molar-refractivity contribution is -0.151. The SMILES string of the molecule is O=C(OCc1nc2ccccc2s1)[C@@H]1CCCN(C(=O)c2ccco2)C1. The van der Waals surface area contributed by atoms with Crippen molar-refractivity contribution in [1.82, 2.24) is 9.88 Å². The lowest BCUT2D eigenvalue weighted by Crippen LogP contribution is -2.42. The standard InChI is InChI=1S/C19H18N2O4S/c22-18(15-7-4-10-24-15)21-9-3-5-13(11-21)19(23)25-12-17-20-14-6-1-2-8-16(14)26-17/h1-2,4,6-8,10,13H,3,5,9,11-12H2/t13-/m1/s1. The van der Waals surface area contributed by atoms with Crippen LogP contribution in [0.4, 0.5) is 0 Å². The third kappa shape index (κ3) is 3.48. The van der Waals surface area contributed by atoms with E-state index in [0.29, 0.717) is 18.8 Å². The van der Waals surface area contributed by atoms with E-state index < -0.39 is 0 Å². The van der Waals surface area contributed by atoms with Crippen molar-refractivity contribution in [3.63, 3.8) is 0 Å². The summed E-state index contributed by atoms with van der Waals surface area (Å²) >= 11 is 1.52. The second-order valence-corrected chi connectivity index (χ2v) is 7.37. The van der Waals surface area contributed by atoms with Crippen LogP contribution in [0.2, 0.25) is 0 Å². The highest BCUT2D eigenvalue weighted by atomic mass is 32.1. The van der Waals surface area contributed by atoms with Gasteiger partial charge in [0.2, 0.25) is 0 Å². The van der Waals surface area contributed by atoms with Gasteiger partial charge in [-0.3, -0.25) is 9.59 Å². The number of benzene rings is 1. The van der Waals surface area contributed by atoms with Gasteiger partial charge in [0.05, 0.1) is 22.4 Å². The van der Waals surface area contributed by atoms with Gasteiger partial charge in [0, 0.05) is 13.1 Å². The molecule has 0 radical (unpaired) electrons. The fourth-order valence-electron chi connectivity index (χ4n) is 3.14. The Bertz CT molecular complexity index is 886. The minimum atomic E-state index is -0.308. The number of ether oxygens (including phenoxy) is 1. The normalized spacial score (nSPS) is 17.4. The van der Waals surface area contributed by atoms with E-state index in [1.54, 1.807) is 17.0 Å². The number of rotatable bonds is 4. The summed E-state index contributed by atoms with van der Waals surface area (Å²) in [7, 11) is 0. The summed E-state index contributed by atoms with van der Waals surface area (Å²) in [4.78, 5) is 30.9. The van der Waals surface area contributed by atoms with Crippen LogP contribution in [0.3, 0.4) is 0 Å². The van der Waals surface area contributed by atoms with Crippen LogP contribution in [-0.2, 0) is 16.1 Å². The molecule has 1 saturated heterocycles. The van der Waals surface area contributed by atoms with Crippen LogP contribution in [0, 0.1) is 5.92 Å². The zero-order valence-corrected chi connectivity index (χ0v) is 14.9. The molecule has 0 bridgehead atoms. The number of piperidine rings is 1. The number of para-hydroxylation sites is 1. The molecule has 1 aliphatic heterocycles. The summed E-state index contributed by atoms with van der Waals surface area (Å²) in [5.74, 6) is -0.467. The molecule has 0 unspecified atom stereocenters.